The van der Waals surface area contributed by atoms with Gasteiger partial charge < -0.3 is 4.74 Å². The van der Waals surface area contributed by atoms with Gasteiger partial charge in [0.25, 0.3) is 0 Å². The molecule has 2 heteroatoms. The van der Waals surface area contributed by atoms with Gasteiger partial charge in [0.15, 0.2) is 0 Å². The Bertz CT molecular complexity index is 69.3. The van der Waals surface area contributed by atoms with Gasteiger partial charge in [0.05, 0.1) is 6.10 Å². The molecule has 0 N–H and O–H groups in total. The number of rotatable bonds is 3. The van der Waals surface area contributed by atoms with Crippen molar-refractivity contribution in [2.24, 2.45) is 0 Å². The van der Waals surface area contributed by atoms with E-state index in [2.05, 4.69) is 0 Å². The highest BCUT2D eigenvalue weighted by molar-refractivity contribution is 6.17. The molecule has 1 saturated heterocycles. The molecule has 1 aliphatic rings. The summed E-state index contributed by atoms with van der Waals surface area (Å²) in [4.78, 5) is 0. The smallest absolute Gasteiger partial charge is 0.0576 e. The summed E-state index contributed by atoms with van der Waals surface area (Å²) in [6, 6.07) is 0. The summed E-state index contributed by atoms with van der Waals surface area (Å²) < 4.78 is 5.40. The van der Waals surface area contributed by atoms with Crippen LogP contribution >= 0.6 is 11.6 Å². The van der Waals surface area contributed by atoms with E-state index in [4.69, 9.17) is 16.3 Å². The van der Waals surface area contributed by atoms with Gasteiger partial charge >= 0.3 is 0 Å². The third-order valence-corrected chi connectivity index (χ3v) is 1.95. The fourth-order valence-corrected chi connectivity index (χ4v) is 1.33. The van der Waals surface area contributed by atoms with Crippen LogP contribution in [-0.4, -0.2) is 18.6 Å². The Hall–Kier alpha value is 0.250. The molecule has 0 aromatic rings. The van der Waals surface area contributed by atoms with Crippen molar-refractivity contribution in [2.75, 3.05) is 12.5 Å². The van der Waals surface area contributed by atoms with Gasteiger partial charge in [-0.3, -0.25) is 0 Å². The molecule has 0 aromatic carbocycles. The first-order chi connectivity index (χ1) is 4.43. The van der Waals surface area contributed by atoms with Crippen LogP contribution in [0.3, 0.4) is 0 Å². The summed E-state index contributed by atoms with van der Waals surface area (Å²) in [5, 5.41) is 0. The van der Waals surface area contributed by atoms with E-state index in [1.54, 1.807) is 0 Å². The van der Waals surface area contributed by atoms with Crippen molar-refractivity contribution in [1.82, 2.24) is 0 Å². The van der Waals surface area contributed by atoms with Crippen molar-refractivity contribution in [3.8, 4) is 0 Å². The minimum atomic E-state index is 0.531. The predicted octanol–water partition coefficient (Wildman–Crippen LogP) is 2.18. The average molecular weight is 149 g/mol. The molecule has 1 atom stereocenters. The highest BCUT2D eigenvalue weighted by Crippen LogP contribution is 2.16. The zero-order valence-corrected chi connectivity index (χ0v) is 6.36. The summed E-state index contributed by atoms with van der Waals surface area (Å²) in [6.45, 7) is 0.965. The molecule has 1 nitrogen and oxygen atoms in total. The van der Waals surface area contributed by atoms with Crippen LogP contribution in [0.25, 0.3) is 0 Å². The monoisotopic (exact) mass is 148 g/mol. The minimum Gasteiger partial charge on any atom is -0.378 e. The summed E-state index contributed by atoms with van der Waals surface area (Å²) >= 11 is 5.52. The highest BCUT2D eigenvalue weighted by atomic mass is 35.5. The molecule has 0 amide bonds. The van der Waals surface area contributed by atoms with Crippen LogP contribution in [0.1, 0.15) is 25.7 Å². The van der Waals surface area contributed by atoms with Crippen LogP contribution in [0.15, 0.2) is 0 Å². The van der Waals surface area contributed by atoms with Gasteiger partial charge in [-0.05, 0) is 25.7 Å². The Morgan fingerprint density at radius 1 is 1.56 bits per heavy atom. The van der Waals surface area contributed by atoms with Crippen LogP contribution in [0.5, 0.6) is 0 Å². The first kappa shape index (κ1) is 7.36. The van der Waals surface area contributed by atoms with Crippen molar-refractivity contribution in [3.05, 3.63) is 0 Å². The van der Waals surface area contributed by atoms with Crippen LogP contribution in [0.4, 0.5) is 0 Å². The summed E-state index contributed by atoms with van der Waals surface area (Å²) in [5.74, 6) is 0.778. The summed E-state index contributed by atoms with van der Waals surface area (Å²) in [7, 11) is 0. The minimum absolute atomic E-state index is 0.531. The lowest BCUT2D eigenvalue weighted by molar-refractivity contribution is 0.104. The van der Waals surface area contributed by atoms with E-state index >= 15 is 0 Å². The van der Waals surface area contributed by atoms with E-state index in [0.717, 1.165) is 25.3 Å². The van der Waals surface area contributed by atoms with Crippen LogP contribution in [0.2, 0.25) is 0 Å². The molecule has 54 valence electrons. The molecule has 1 heterocycles. The fourth-order valence-electron chi connectivity index (χ4n) is 1.18. The van der Waals surface area contributed by atoms with Gasteiger partial charge in [-0.2, -0.15) is 0 Å². The Labute approximate surface area is 61.3 Å². The zero-order valence-electron chi connectivity index (χ0n) is 5.61. The van der Waals surface area contributed by atoms with Gasteiger partial charge in [0, 0.05) is 12.5 Å². The number of alkyl halides is 1. The van der Waals surface area contributed by atoms with Gasteiger partial charge in [-0.15, -0.1) is 11.6 Å². The lowest BCUT2D eigenvalue weighted by Gasteiger charge is -2.05. The number of halogens is 1. The van der Waals surface area contributed by atoms with Gasteiger partial charge in [-0.25, -0.2) is 0 Å². The summed E-state index contributed by atoms with van der Waals surface area (Å²) in [5.41, 5.74) is 0. The molecule has 9 heavy (non-hydrogen) atoms. The largest absolute Gasteiger partial charge is 0.378 e. The molecule has 0 aliphatic carbocycles. The maximum absolute atomic E-state index is 5.52. The number of hydrogen-bond donors (Lipinski definition) is 0. The molecule has 1 rings (SSSR count). The van der Waals surface area contributed by atoms with Crippen molar-refractivity contribution < 1.29 is 4.74 Å². The first-order valence-corrected chi connectivity index (χ1v) is 4.14. The molecule has 1 aliphatic heterocycles. The van der Waals surface area contributed by atoms with E-state index in [1.165, 1.54) is 12.8 Å². The van der Waals surface area contributed by atoms with Crippen LogP contribution in [-0.2, 0) is 4.74 Å². The molecule has 0 saturated carbocycles. The molecule has 0 aromatic heterocycles. The van der Waals surface area contributed by atoms with E-state index in [0.29, 0.717) is 6.10 Å². The molecule has 0 spiro atoms. The second-order valence-corrected chi connectivity index (χ2v) is 2.84. The Balaban J connectivity index is 1.98. The highest BCUT2D eigenvalue weighted by Gasteiger charge is 2.13. The third-order valence-electron chi connectivity index (χ3n) is 1.68. The normalized spacial score (nSPS) is 27.0. The predicted molar refractivity (Wildman–Crippen MR) is 38.9 cm³/mol. The van der Waals surface area contributed by atoms with Crippen molar-refractivity contribution in [1.29, 1.82) is 0 Å². The van der Waals surface area contributed by atoms with E-state index in [-0.39, 0.29) is 0 Å². The van der Waals surface area contributed by atoms with Crippen molar-refractivity contribution >= 4 is 11.6 Å². The zero-order chi connectivity index (χ0) is 6.53. The molecule has 1 fully saturated rings. The standard InChI is InChI=1S/C7H13ClO/c8-5-1-3-7-4-2-6-9-7/h7H,1-6H2/t7-/m0/s1. The second kappa shape index (κ2) is 4.13. The Morgan fingerprint density at radius 2 is 2.44 bits per heavy atom. The lowest BCUT2D eigenvalue weighted by atomic mass is 10.1. The SMILES string of the molecule is ClCCC[C@H]1CCCO1. The number of hydrogen-bond acceptors (Lipinski definition) is 1. The Kier molecular flexibility index (Phi) is 3.37. The quantitative estimate of drug-likeness (QED) is 0.558. The Morgan fingerprint density at radius 3 is 3.00 bits per heavy atom. The van der Waals surface area contributed by atoms with Gasteiger partial charge in [-0.1, -0.05) is 0 Å². The van der Waals surface area contributed by atoms with Crippen molar-refractivity contribution in [3.63, 3.8) is 0 Å². The number of ether oxygens (including phenoxy) is 1. The van der Waals surface area contributed by atoms with Crippen molar-refractivity contribution in [2.45, 2.75) is 31.8 Å². The molecule has 0 unspecified atom stereocenters. The van der Waals surface area contributed by atoms with Gasteiger partial charge in [0.2, 0.25) is 0 Å². The van der Waals surface area contributed by atoms with E-state index in [1.807, 2.05) is 0 Å². The van der Waals surface area contributed by atoms with Gasteiger partial charge in [0.1, 0.15) is 0 Å². The van der Waals surface area contributed by atoms with E-state index in [9.17, 15) is 0 Å². The molecular weight excluding hydrogens is 136 g/mol. The molecule has 0 radical (unpaired) electrons. The third kappa shape index (κ3) is 2.55. The topological polar surface area (TPSA) is 9.23 Å². The van der Waals surface area contributed by atoms with Crippen LogP contribution < -0.4 is 0 Å². The van der Waals surface area contributed by atoms with E-state index < -0.39 is 0 Å². The fraction of sp³-hybridized carbons (Fsp3) is 1.00. The molecular formula is C7H13ClO. The maximum atomic E-state index is 5.52. The summed E-state index contributed by atoms with van der Waals surface area (Å²) in [6.07, 6.45) is 5.28. The maximum Gasteiger partial charge on any atom is 0.0576 e. The second-order valence-electron chi connectivity index (χ2n) is 2.47. The lowest BCUT2D eigenvalue weighted by Crippen LogP contribution is -2.03. The molecule has 0 bridgehead atoms. The first-order valence-electron chi connectivity index (χ1n) is 3.61. The van der Waals surface area contributed by atoms with Crippen LogP contribution in [0, 0.1) is 0 Å². The average Bonchev–Trinajstić information content (AvgIpc) is 2.34.